The van der Waals surface area contributed by atoms with E-state index in [1.165, 1.54) is 29.0 Å². The molecule has 1 aromatic heterocycles. The second kappa shape index (κ2) is 6.24. The Morgan fingerprint density at radius 3 is 2.50 bits per heavy atom. The number of aryl methyl sites for hydroxylation is 1. The largest absolute Gasteiger partial charge is 0.480 e. The molecule has 0 amide bonds. The van der Waals surface area contributed by atoms with E-state index in [9.17, 15) is 9.90 Å². The summed E-state index contributed by atoms with van der Waals surface area (Å²) in [5.41, 5.74) is 3.07. The van der Waals surface area contributed by atoms with Gasteiger partial charge >= 0.3 is 5.97 Å². The third-order valence-corrected chi connectivity index (χ3v) is 5.18. The number of carboxylic acids is 1. The first-order valence-electron chi connectivity index (χ1n) is 7.61. The summed E-state index contributed by atoms with van der Waals surface area (Å²) >= 11 is 1.24. The third-order valence-electron chi connectivity index (χ3n) is 3.97. The van der Waals surface area contributed by atoms with Crippen molar-refractivity contribution in [2.45, 2.75) is 30.5 Å². The summed E-state index contributed by atoms with van der Waals surface area (Å²) in [5, 5.41) is 12.4. The van der Waals surface area contributed by atoms with Gasteiger partial charge in [-0.05, 0) is 42.7 Å². The fourth-order valence-electron chi connectivity index (χ4n) is 2.55. The van der Waals surface area contributed by atoms with Crippen molar-refractivity contribution in [3.8, 4) is 11.1 Å². The number of aliphatic carboxylic acids is 1. The number of rotatable bonds is 4. The Balaban J connectivity index is 2.19. The van der Waals surface area contributed by atoms with Crippen LogP contribution < -0.4 is 0 Å². The zero-order valence-corrected chi connectivity index (χ0v) is 14.6. The van der Waals surface area contributed by atoms with Crippen molar-refractivity contribution in [1.82, 2.24) is 9.97 Å². The van der Waals surface area contributed by atoms with Gasteiger partial charge in [-0.25, -0.2) is 9.97 Å². The SMILES string of the molecule is Cc1ccc(-c2cncnc2SC(C)(C)C(=O)O)c2ccccc12. The van der Waals surface area contributed by atoms with Crippen LogP contribution in [0.5, 0.6) is 0 Å². The molecule has 0 saturated carbocycles. The quantitative estimate of drug-likeness (QED) is 0.558. The second-order valence-corrected chi connectivity index (χ2v) is 7.75. The minimum Gasteiger partial charge on any atom is -0.480 e. The number of aromatic nitrogens is 2. The van der Waals surface area contributed by atoms with Crippen LogP contribution >= 0.6 is 11.8 Å². The highest BCUT2D eigenvalue weighted by Crippen LogP contribution is 2.39. The van der Waals surface area contributed by atoms with Crippen molar-refractivity contribution in [3.63, 3.8) is 0 Å². The van der Waals surface area contributed by atoms with Crippen LogP contribution in [0.25, 0.3) is 21.9 Å². The van der Waals surface area contributed by atoms with Gasteiger partial charge in [0.2, 0.25) is 0 Å². The molecule has 0 fully saturated rings. The van der Waals surface area contributed by atoms with Crippen molar-refractivity contribution < 1.29 is 9.90 Å². The first kappa shape index (κ1) is 16.5. The number of thioether (sulfide) groups is 1. The lowest BCUT2D eigenvalue weighted by Crippen LogP contribution is -2.27. The van der Waals surface area contributed by atoms with Crippen molar-refractivity contribution in [2.24, 2.45) is 0 Å². The van der Waals surface area contributed by atoms with Gasteiger partial charge in [0.05, 0.1) is 0 Å². The first-order valence-corrected chi connectivity index (χ1v) is 8.43. The van der Waals surface area contributed by atoms with Gasteiger partial charge < -0.3 is 5.11 Å². The first-order chi connectivity index (χ1) is 11.4. The van der Waals surface area contributed by atoms with Gasteiger partial charge in [-0.3, -0.25) is 4.79 Å². The van der Waals surface area contributed by atoms with Gasteiger partial charge in [0.1, 0.15) is 16.1 Å². The van der Waals surface area contributed by atoms with E-state index in [2.05, 4.69) is 35.1 Å². The van der Waals surface area contributed by atoms with Crippen LogP contribution in [0.15, 0.2) is 53.9 Å². The van der Waals surface area contributed by atoms with E-state index >= 15 is 0 Å². The molecule has 0 radical (unpaired) electrons. The monoisotopic (exact) mass is 338 g/mol. The standard InChI is InChI=1S/C19H18N2O2S/c1-12-8-9-15(14-7-5-4-6-13(12)14)16-10-20-11-21-17(16)24-19(2,3)18(22)23/h4-11H,1-3H3,(H,22,23). The molecule has 24 heavy (non-hydrogen) atoms. The normalized spacial score (nSPS) is 11.6. The number of fused-ring (bicyclic) bond motifs is 1. The number of carbonyl (C=O) groups is 1. The van der Waals surface area contributed by atoms with E-state index in [1.54, 1.807) is 20.0 Å². The van der Waals surface area contributed by atoms with Crippen LogP contribution in [0.2, 0.25) is 0 Å². The summed E-state index contributed by atoms with van der Waals surface area (Å²) in [4.78, 5) is 20.0. The predicted octanol–water partition coefficient (Wildman–Crippen LogP) is 4.56. The molecule has 4 nitrogen and oxygen atoms in total. The molecule has 0 spiro atoms. The Hall–Kier alpha value is -2.40. The third kappa shape index (κ3) is 2.99. The molecule has 0 aliphatic heterocycles. The molecule has 3 aromatic rings. The molecule has 0 bridgehead atoms. The summed E-state index contributed by atoms with van der Waals surface area (Å²) in [6.07, 6.45) is 3.21. The predicted molar refractivity (Wildman–Crippen MR) is 97.3 cm³/mol. The highest BCUT2D eigenvalue weighted by atomic mass is 32.2. The zero-order chi connectivity index (χ0) is 17.3. The molecule has 0 unspecified atom stereocenters. The average molecular weight is 338 g/mol. The average Bonchev–Trinajstić information content (AvgIpc) is 2.56. The maximum atomic E-state index is 11.5. The van der Waals surface area contributed by atoms with E-state index in [1.807, 2.05) is 18.2 Å². The Morgan fingerprint density at radius 1 is 1.08 bits per heavy atom. The number of nitrogens with zero attached hydrogens (tertiary/aromatic N) is 2. The molecule has 0 aliphatic carbocycles. The van der Waals surface area contributed by atoms with Crippen LogP contribution in [-0.4, -0.2) is 25.8 Å². The molecular formula is C19H18N2O2S. The fourth-order valence-corrected chi connectivity index (χ4v) is 3.50. The zero-order valence-electron chi connectivity index (χ0n) is 13.8. The van der Waals surface area contributed by atoms with E-state index in [-0.39, 0.29) is 0 Å². The Labute approximate surface area is 145 Å². The lowest BCUT2D eigenvalue weighted by Gasteiger charge is -2.20. The van der Waals surface area contributed by atoms with Crippen LogP contribution in [-0.2, 0) is 4.79 Å². The maximum absolute atomic E-state index is 11.5. The maximum Gasteiger partial charge on any atom is 0.319 e. The Bertz CT molecular complexity index is 922. The summed E-state index contributed by atoms with van der Waals surface area (Å²) in [7, 11) is 0. The minimum absolute atomic E-state index is 0.673. The van der Waals surface area contributed by atoms with Gasteiger partial charge in [-0.2, -0.15) is 0 Å². The topological polar surface area (TPSA) is 63.1 Å². The number of hydrogen-bond acceptors (Lipinski definition) is 4. The molecule has 1 N–H and O–H groups in total. The summed E-state index contributed by atoms with van der Waals surface area (Å²) in [6.45, 7) is 5.44. The van der Waals surface area contributed by atoms with E-state index in [0.717, 1.165) is 16.5 Å². The summed E-state index contributed by atoms with van der Waals surface area (Å²) in [6, 6.07) is 12.3. The summed E-state index contributed by atoms with van der Waals surface area (Å²) in [5.74, 6) is -0.870. The number of benzene rings is 2. The van der Waals surface area contributed by atoms with Crippen LogP contribution in [0.4, 0.5) is 0 Å². The highest BCUT2D eigenvalue weighted by molar-refractivity contribution is 8.01. The lowest BCUT2D eigenvalue weighted by atomic mass is 9.97. The molecule has 122 valence electrons. The molecule has 0 atom stereocenters. The van der Waals surface area contributed by atoms with Crippen molar-refractivity contribution in [2.75, 3.05) is 0 Å². The van der Waals surface area contributed by atoms with Crippen LogP contribution in [0, 0.1) is 6.92 Å². The summed E-state index contributed by atoms with van der Waals surface area (Å²) < 4.78 is -0.969. The number of hydrogen-bond donors (Lipinski definition) is 1. The van der Waals surface area contributed by atoms with Gasteiger partial charge in [0.25, 0.3) is 0 Å². The smallest absolute Gasteiger partial charge is 0.319 e. The van der Waals surface area contributed by atoms with Gasteiger partial charge in [0.15, 0.2) is 0 Å². The van der Waals surface area contributed by atoms with Crippen molar-refractivity contribution in [1.29, 1.82) is 0 Å². The van der Waals surface area contributed by atoms with Gasteiger partial charge in [-0.15, -0.1) is 0 Å². The van der Waals surface area contributed by atoms with E-state index in [0.29, 0.717) is 5.03 Å². The fraction of sp³-hybridized carbons (Fsp3) is 0.211. The number of carboxylic acid groups (broad SMARTS) is 1. The Kier molecular flexibility index (Phi) is 4.28. The van der Waals surface area contributed by atoms with Gasteiger partial charge in [-0.1, -0.05) is 48.2 Å². The lowest BCUT2D eigenvalue weighted by molar-refractivity contribution is -0.138. The van der Waals surface area contributed by atoms with Crippen LogP contribution in [0.3, 0.4) is 0 Å². The van der Waals surface area contributed by atoms with Gasteiger partial charge in [0, 0.05) is 11.8 Å². The Morgan fingerprint density at radius 2 is 1.79 bits per heavy atom. The van der Waals surface area contributed by atoms with E-state index in [4.69, 9.17) is 0 Å². The molecule has 3 rings (SSSR count). The van der Waals surface area contributed by atoms with Crippen molar-refractivity contribution in [3.05, 3.63) is 54.5 Å². The molecule has 0 saturated heterocycles. The van der Waals surface area contributed by atoms with Crippen molar-refractivity contribution >= 4 is 28.5 Å². The molecule has 0 aliphatic rings. The molecule has 5 heteroatoms. The molecular weight excluding hydrogens is 320 g/mol. The highest BCUT2D eigenvalue weighted by Gasteiger charge is 2.30. The molecule has 2 aromatic carbocycles. The van der Waals surface area contributed by atoms with E-state index < -0.39 is 10.7 Å². The minimum atomic E-state index is -0.969. The van der Waals surface area contributed by atoms with Crippen LogP contribution in [0.1, 0.15) is 19.4 Å². The second-order valence-electron chi connectivity index (χ2n) is 6.13. The molecule has 1 heterocycles.